The number of benzene rings is 1. The Morgan fingerprint density at radius 1 is 1.05 bits per heavy atom. The Hall–Kier alpha value is -0.0800. The van der Waals surface area contributed by atoms with Crippen molar-refractivity contribution in [2.45, 2.75) is 56.6 Å². The second-order valence-electron chi connectivity index (χ2n) is 5.20. The normalized spacial score (nSPS) is 14.3. The van der Waals surface area contributed by atoms with E-state index < -0.39 is 0 Å². The third kappa shape index (κ3) is 7.94. The van der Waals surface area contributed by atoms with Crippen molar-refractivity contribution in [1.29, 1.82) is 0 Å². The highest BCUT2D eigenvalue weighted by Crippen LogP contribution is 2.27. The molecule has 19 heavy (non-hydrogen) atoms. The van der Waals surface area contributed by atoms with E-state index >= 15 is 0 Å². The Morgan fingerprint density at radius 2 is 1.79 bits per heavy atom. The van der Waals surface area contributed by atoms with Gasteiger partial charge in [-0.15, -0.1) is 11.8 Å². The second kappa shape index (κ2) is 10.7. The lowest BCUT2D eigenvalue weighted by Crippen LogP contribution is -2.06. The predicted molar refractivity (Wildman–Crippen MR) is 92.4 cm³/mol. The van der Waals surface area contributed by atoms with Gasteiger partial charge in [0.15, 0.2) is 0 Å². The molecule has 0 N–H and O–H groups in total. The molecule has 0 aliphatic rings. The highest BCUT2D eigenvalue weighted by Gasteiger charge is 2.08. The molecule has 1 aromatic carbocycles. The van der Waals surface area contributed by atoms with E-state index in [1.54, 1.807) is 0 Å². The van der Waals surface area contributed by atoms with Crippen molar-refractivity contribution < 1.29 is 0 Å². The molecule has 0 amide bonds. The molecule has 0 saturated heterocycles. The van der Waals surface area contributed by atoms with Crippen LogP contribution in [-0.2, 0) is 0 Å². The van der Waals surface area contributed by atoms with Crippen LogP contribution in [0.5, 0.6) is 0 Å². The molecule has 0 aliphatic heterocycles. The van der Waals surface area contributed by atoms with Gasteiger partial charge >= 0.3 is 0 Å². The van der Waals surface area contributed by atoms with Crippen molar-refractivity contribution in [2.24, 2.45) is 5.92 Å². The highest BCUT2D eigenvalue weighted by atomic mass is 32.2. The zero-order chi connectivity index (χ0) is 13.9. The monoisotopic (exact) mass is 296 g/mol. The van der Waals surface area contributed by atoms with E-state index in [1.807, 2.05) is 11.8 Å². The van der Waals surface area contributed by atoms with Gasteiger partial charge < -0.3 is 0 Å². The number of hydrogen-bond donors (Lipinski definition) is 0. The van der Waals surface area contributed by atoms with Crippen molar-refractivity contribution in [1.82, 2.24) is 0 Å². The van der Waals surface area contributed by atoms with E-state index in [0.717, 1.165) is 5.92 Å². The summed E-state index contributed by atoms with van der Waals surface area (Å²) in [5, 5.41) is 0.705. The third-order valence-electron chi connectivity index (χ3n) is 3.33. The van der Waals surface area contributed by atoms with Crippen LogP contribution in [-0.4, -0.2) is 16.8 Å². The summed E-state index contributed by atoms with van der Waals surface area (Å²) in [4.78, 5) is 1.40. The summed E-state index contributed by atoms with van der Waals surface area (Å²) in [6, 6.07) is 10.8. The third-order valence-corrected chi connectivity index (χ3v) is 6.10. The predicted octanol–water partition coefficient (Wildman–Crippen LogP) is 6.12. The molecule has 0 bridgehead atoms. The average molecular weight is 297 g/mol. The number of hydrogen-bond acceptors (Lipinski definition) is 2. The fourth-order valence-electron chi connectivity index (χ4n) is 2.06. The van der Waals surface area contributed by atoms with Crippen molar-refractivity contribution in [3.8, 4) is 0 Å². The molecule has 2 atom stereocenters. The van der Waals surface area contributed by atoms with Crippen LogP contribution >= 0.6 is 23.5 Å². The topological polar surface area (TPSA) is 0 Å². The molecule has 1 aromatic rings. The summed E-state index contributed by atoms with van der Waals surface area (Å²) in [6.07, 6.45) is 5.49. The molecule has 2 heteroatoms. The van der Waals surface area contributed by atoms with Gasteiger partial charge in [-0.05, 0) is 30.2 Å². The van der Waals surface area contributed by atoms with E-state index in [1.165, 1.54) is 42.1 Å². The molecule has 1 rings (SSSR count). The minimum Gasteiger partial charge on any atom is -0.161 e. The van der Waals surface area contributed by atoms with Crippen molar-refractivity contribution >= 4 is 23.5 Å². The maximum atomic E-state index is 2.34. The van der Waals surface area contributed by atoms with Gasteiger partial charge in [0.2, 0.25) is 0 Å². The summed E-state index contributed by atoms with van der Waals surface area (Å²) in [5.41, 5.74) is 0. The molecule has 2 unspecified atom stereocenters. The van der Waals surface area contributed by atoms with Crippen LogP contribution < -0.4 is 0 Å². The summed E-state index contributed by atoms with van der Waals surface area (Å²) in [6.45, 7) is 6.97. The van der Waals surface area contributed by atoms with Crippen LogP contribution in [0.3, 0.4) is 0 Å². The first-order chi connectivity index (χ1) is 9.26. The number of rotatable bonds is 10. The van der Waals surface area contributed by atoms with Gasteiger partial charge in [-0.3, -0.25) is 0 Å². The lowest BCUT2D eigenvalue weighted by Gasteiger charge is -2.16. The van der Waals surface area contributed by atoms with Crippen LogP contribution in [0.15, 0.2) is 35.2 Å². The van der Waals surface area contributed by atoms with E-state index in [0.29, 0.717) is 5.25 Å². The van der Waals surface area contributed by atoms with Gasteiger partial charge in [0.05, 0.1) is 0 Å². The van der Waals surface area contributed by atoms with E-state index in [-0.39, 0.29) is 0 Å². The first-order valence-corrected chi connectivity index (χ1v) is 9.59. The fraction of sp³-hybridized carbons (Fsp3) is 0.647. The molecule has 0 spiro atoms. The van der Waals surface area contributed by atoms with E-state index in [2.05, 4.69) is 62.9 Å². The molecule has 0 saturated carbocycles. The fourth-order valence-corrected chi connectivity index (χ4v) is 4.61. The molecule has 0 aromatic heterocycles. The van der Waals surface area contributed by atoms with Gasteiger partial charge in [-0.1, -0.05) is 58.2 Å². The van der Waals surface area contributed by atoms with E-state index in [4.69, 9.17) is 0 Å². The molecule has 0 aliphatic carbocycles. The lowest BCUT2D eigenvalue weighted by molar-refractivity contribution is 0.499. The van der Waals surface area contributed by atoms with Gasteiger partial charge in [-0.2, -0.15) is 11.8 Å². The molecular formula is C17H28S2. The Balaban J connectivity index is 2.17. The Labute approximate surface area is 128 Å². The highest BCUT2D eigenvalue weighted by molar-refractivity contribution is 8.03. The Morgan fingerprint density at radius 3 is 2.42 bits per heavy atom. The van der Waals surface area contributed by atoms with Gasteiger partial charge in [-0.25, -0.2) is 0 Å². The van der Waals surface area contributed by atoms with Crippen LogP contribution in [0.2, 0.25) is 0 Å². The quantitative estimate of drug-likeness (QED) is 0.477. The summed E-state index contributed by atoms with van der Waals surface area (Å²) >= 11 is 4.14. The SMILES string of the molecule is CCCCC(CC)CSCC(C)Sc1ccccc1. The minimum absolute atomic E-state index is 0.705. The summed E-state index contributed by atoms with van der Waals surface area (Å²) in [5.74, 6) is 3.54. The van der Waals surface area contributed by atoms with Crippen molar-refractivity contribution in [3.63, 3.8) is 0 Å². The second-order valence-corrected chi connectivity index (χ2v) is 7.78. The van der Waals surface area contributed by atoms with Crippen molar-refractivity contribution in [2.75, 3.05) is 11.5 Å². The first-order valence-electron chi connectivity index (χ1n) is 7.55. The Kier molecular flexibility index (Phi) is 9.54. The van der Waals surface area contributed by atoms with Crippen LogP contribution in [0.1, 0.15) is 46.5 Å². The lowest BCUT2D eigenvalue weighted by atomic mass is 10.0. The molecule has 108 valence electrons. The summed E-state index contributed by atoms with van der Waals surface area (Å²) < 4.78 is 0. The van der Waals surface area contributed by atoms with Gasteiger partial charge in [0.25, 0.3) is 0 Å². The van der Waals surface area contributed by atoms with Gasteiger partial charge in [0.1, 0.15) is 0 Å². The molecule has 0 nitrogen and oxygen atoms in total. The smallest absolute Gasteiger partial charge is 0.0157 e. The first kappa shape index (κ1) is 17.0. The zero-order valence-corrected chi connectivity index (χ0v) is 14.2. The molecule has 0 heterocycles. The average Bonchev–Trinajstić information content (AvgIpc) is 2.43. The summed E-state index contributed by atoms with van der Waals surface area (Å²) in [7, 11) is 0. The number of thioether (sulfide) groups is 2. The van der Waals surface area contributed by atoms with E-state index in [9.17, 15) is 0 Å². The van der Waals surface area contributed by atoms with Gasteiger partial charge in [0, 0.05) is 15.9 Å². The van der Waals surface area contributed by atoms with Crippen LogP contribution in [0.25, 0.3) is 0 Å². The standard InChI is InChI=1S/C17H28S2/c1-4-6-10-16(5-2)14-18-13-15(3)19-17-11-8-7-9-12-17/h7-9,11-12,15-16H,4-6,10,13-14H2,1-3H3. The largest absolute Gasteiger partial charge is 0.161 e. The van der Waals surface area contributed by atoms with Crippen LogP contribution in [0.4, 0.5) is 0 Å². The maximum absolute atomic E-state index is 2.34. The molecule has 0 fully saturated rings. The maximum Gasteiger partial charge on any atom is 0.0157 e. The Bertz CT molecular complexity index is 310. The molecular weight excluding hydrogens is 268 g/mol. The van der Waals surface area contributed by atoms with Crippen molar-refractivity contribution in [3.05, 3.63) is 30.3 Å². The number of unbranched alkanes of at least 4 members (excludes halogenated alkanes) is 1. The van der Waals surface area contributed by atoms with Crippen LogP contribution in [0, 0.1) is 5.92 Å². The zero-order valence-electron chi connectivity index (χ0n) is 12.6. The minimum atomic E-state index is 0.705. The molecule has 0 radical (unpaired) electrons.